The molecule has 1 saturated heterocycles. The van der Waals surface area contributed by atoms with Gasteiger partial charge in [0.05, 0.1) is 5.69 Å². The first kappa shape index (κ1) is 15.1. The van der Waals surface area contributed by atoms with E-state index in [1.54, 1.807) is 0 Å². The summed E-state index contributed by atoms with van der Waals surface area (Å²) >= 11 is 0. The molecule has 1 aliphatic heterocycles. The van der Waals surface area contributed by atoms with Crippen molar-refractivity contribution in [3.8, 4) is 0 Å². The number of H-pyrrole nitrogens is 1. The number of aryl methyl sites for hydroxylation is 1. The van der Waals surface area contributed by atoms with Crippen LogP contribution in [0.1, 0.15) is 29.0 Å². The highest BCUT2D eigenvalue weighted by molar-refractivity contribution is 7.89. The summed E-state index contributed by atoms with van der Waals surface area (Å²) in [6.07, 6.45) is -0.00170. The van der Waals surface area contributed by atoms with Gasteiger partial charge in [-0.05, 0) is 13.3 Å². The SMILES string of the molecule is Cc1[nH]nc(C(=O)O)c1S(=O)(=O)NC1CCC(=O)NC1=O. The van der Waals surface area contributed by atoms with Gasteiger partial charge in [0.2, 0.25) is 21.8 Å². The number of aromatic nitrogens is 2. The van der Waals surface area contributed by atoms with Crippen molar-refractivity contribution in [1.82, 2.24) is 20.2 Å². The molecule has 0 bridgehead atoms. The lowest BCUT2D eigenvalue weighted by atomic mass is 10.1. The van der Waals surface area contributed by atoms with Crippen LogP contribution < -0.4 is 10.0 Å². The molecule has 114 valence electrons. The highest BCUT2D eigenvalue weighted by Gasteiger charge is 2.34. The fourth-order valence-electron chi connectivity index (χ4n) is 1.94. The molecule has 1 aliphatic rings. The molecule has 21 heavy (non-hydrogen) atoms. The zero-order valence-electron chi connectivity index (χ0n) is 10.8. The second-order valence-electron chi connectivity index (χ2n) is 4.46. The summed E-state index contributed by atoms with van der Waals surface area (Å²) in [7, 11) is -4.27. The van der Waals surface area contributed by atoms with Gasteiger partial charge in [0.15, 0.2) is 5.69 Å². The van der Waals surface area contributed by atoms with Gasteiger partial charge >= 0.3 is 5.97 Å². The number of carbonyl (C=O) groups is 3. The molecule has 0 saturated carbocycles. The second-order valence-corrected chi connectivity index (χ2v) is 6.11. The monoisotopic (exact) mass is 316 g/mol. The summed E-state index contributed by atoms with van der Waals surface area (Å²) in [5, 5.41) is 16.6. The number of piperidine rings is 1. The number of sulfonamides is 1. The minimum absolute atomic E-state index is 0.00318. The number of hydrogen-bond donors (Lipinski definition) is 4. The largest absolute Gasteiger partial charge is 0.476 e. The molecule has 4 N–H and O–H groups in total. The summed E-state index contributed by atoms with van der Waals surface area (Å²) in [4.78, 5) is 33.0. The van der Waals surface area contributed by atoms with Crippen molar-refractivity contribution in [3.63, 3.8) is 0 Å². The zero-order chi connectivity index (χ0) is 15.8. The maximum atomic E-state index is 12.2. The third kappa shape index (κ3) is 2.92. The number of carbonyl (C=O) groups excluding carboxylic acids is 2. The number of hydrogen-bond acceptors (Lipinski definition) is 6. The van der Waals surface area contributed by atoms with E-state index in [9.17, 15) is 22.8 Å². The minimum atomic E-state index is -4.27. The molecule has 1 aromatic heterocycles. The van der Waals surface area contributed by atoms with Crippen LogP contribution in [-0.2, 0) is 19.6 Å². The van der Waals surface area contributed by atoms with Gasteiger partial charge in [-0.3, -0.25) is 20.0 Å². The van der Waals surface area contributed by atoms with Crippen LogP contribution in [0.2, 0.25) is 0 Å². The molecule has 0 radical (unpaired) electrons. The Labute approximate surface area is 119 Å². The molecule has 1 unspecified atom stereocenters. The van der Waals surface area contributed by atoms with E-state index in [1.807, 2.05) is 5.32 Å². The molecule has 0 aliphatic carbocycles. The van der Waals surface area contributed by atoms with E-state index in [0.717, 1.165) is 0 Å². The van der Waals surface area contributed by atoms with Crippen LogP contribution in [0.3, 0.4) is 0 Å². The first-order valence-corrected chi connectivity index (χ1v) is 7.35. The molecule has 1 fully saturated rings. The first-order chi connectivity index (χ1) is 9.72. The Kier molecular flexibility index (Phi) is 3.78. The van der Waals surface area contributed by atoms with E-state index in [-0.39, 0.29) is 18.5 Å². The van der Waals surface area contributed by atoms with E-state index in [1.165, 1.54) is 6.92 Å². The van der Waals surface area contributed by atoms with E-state index in [4.69, 9.17) is 5.11 Å². The molecule has 10 nitrogen and oxygen atoms in total. The zero-order valence-corrected chi connectivity index (χ0v) is 11.7. The fraction of sp³-hybridized carbons (Fsp3) is 0.400. The molecule has 1 atom stereocenters. The number of nitrogens with zero attached hydrogens (tertiary/aromatic N) is 1. The normalized spacial score (nSPS) is 19.4. The summed E-state index contributed by atoms with van der Waals surface area (Å²) in [6, 6.07) is -1.14. The van der Waals surface area contributed by atoms with Gasteiger partial charge in [0.25, 0.3) is 0 Å². The lowest BCUT2D eigenvalue weighted by molar-refractivity contribution is -0.134. The molecule has 0 spiro atoms. The van der Waals surface area contributed by atoms with Crippen molar-refractivity contribution in [2.75, 3.05) is 0 Å². The van der Waals surface area contributed by atoms with E-state index >= 15 is 0 Å². The van der Waals surface area contributed by atoms with E-state index in [2.05, 4.69) is 14.9 Å². The number of imide groups is 1. The van der Waals surface area contributed by atoms with E-state index < -0.39 is 44.4 Å². The average molecular weight is 316 g/mol. The maximum Gasteiger partial charge on any atom is 0.357 e. The highest BCUT2D eigenvalue weighted by Crippen LogP contribution is 2.19. The number of carboxylic acid groups (broad SMARTS) is 1. The number of aromatic carboxylic acids is 1. The Morgan fingerprint density at radius 1 is 1.43 bits per heavy atom. The fourth-order valence-corrected chi connectivity index (χ4v) is 3.50. The summed E-state index contributed by atoms with van der Waals surface area (Å²) in [5.41, 5.74) is -0.625. The van der Waals surface area contributed by atoms with Gasteiger partial charge in [-0.1, -0.05) is 0 Å². The van der Waals surface area contributed by atoms with Crippen LogP contribution in [0.4, 0.5) is 0 Å². The van der Waals surface area contributed by atoms with Gasteiger partial charge in [0.1, 0.15) is 10.9 Å². The Morgan fingerprint density at radius 2 is 2.10 bits per heavy atom. The van der Waals surface area contributed by atoms with Crippen molar-refractivity contribution in [2.24, 2.45) is 0 Å². The van der Waals surface area contributed by atoms with Crippen LogP contribution in [-0.4, -0.2) is 47.5 Å². The van der Waals surface area contributed by atoms with Gasteiger partial charge in [0, 0.05) is 6.42 Å². The predicted molar refractivity (Wildman–Crippen MR) is 66.8 cm³/mol. The standard InChI is InChI=1S/C10H12N4O6S/c1-4-8(7(10(17)18)13-12-4)21(19,20)14-5-2-3-6(15)11-9(5)16/h5,14H,2-3H2,1H3,(H,12,13)(H,17,18)(H,11,15,16). The molecular formula is C10H12N4O6S. The first-order valence-electron chi connectivity index (χ1n) is 5.86. The van der Waals surface area contributed by atoms with Gasteiger partial charge in [-0.25, -0.2) is 13.2 Å². The lowest BCUT2D eigenvalue weighted by Crippen LogP contribution is -2.52. The van der Waals surface area contributed by atoms with E-state index in [0.29, 0.717) is 0 Å². The predicted octanol–water partition coefficient (Wildman–Crippen LogP) is -1.50. The average Bonchev–Trinajstić information content (AvgIpc) is 2.76. The number of rotatable bonds is 4. The van der Waals surface area contributed by atoms with Crippen molar-refractivity contribution in [2.45, 2.75) is 30.7 Å². The van der Waals surface area contributed by atoms with Crippen LogP contribution >= 0.6 is 0 Å². The smallest absolute Gasteiger partial charge is 0.357 e. The van der Waals surface area contributed by atoms with Crippen LogP contribution in [0, 0.1) is 6.92 Å². The molecule has 2 amide bonds. The molecular weight excluding hydrogens is 304 g/mol. The second kappa shape index (κ2) is 5.26. The molecule has 11 heteroatoms. The van der Waals surface area contributed by atoms with Crippen LogP contribution in [0.25, 0.3) is 0 Å². The Balaban J connectivity index is 2.31. The van der Waals surface area contributed by atoms with Crippen molar-refractivity contribution >= 4 is 27.8 Å². The summed E-state index contributed by atoms with van der Waals surface area (Å²) in [5.74, 6) is -2.77. The number of carboxylic acids is 1. The number of aromatic amines is 1. The Morgan fingerprint density at radius 3 is 2.67 bits per heavy atom. The van der Waals surface area contributed by atoms with Crippen molar-refractivity contribution < 1.29 is 27.9 Å². The Bertz CT molecular complexity index is 722. The molecule has 2 heterocycles. The third-order valence-electron chi connectivity index (χ3n) is 2.90. The number of nitrogens with one attached hydrogen (secondary N) is 3. The quantitative estimate of drug-likeness (QED) is 0.492. The van der Waals surface area contributed by atoms with Crippen LogP contribution in [0.15, 0.2) is 4.90 Å². The van der Waals surface area contributed by atoms with Gasteiger partial charge in [-0.15, -0.1) is 0 Å². The van der Waals surface area contributed by atoms with Crippen molar-refractivity contribution in [3.05, 3.63) is 11.4 Å². The molecule has 0 aromatic carbocycles. The van der Waals surface area contributed by atoms with Gasteiger partial charge < -0.3 is 5.11 Å². The molecule has 1 aromatic rings. The van der Waals surface area contributed by atoms with Crippen molar-refractivity contribution in [1.29, 1.82) is 0 Å². The summed E-state index contributed by atoms with van der Waals surface area (Å²) in [6.45, 7) is 1.35. The molecule has 2 rings (SSSR count). The Hall–Kier alpha value is -2.27. The topological polar surface area (TPSA) is 158 Å². The minimum Gasteiger partial charge on any atom is -0.476 e. The number of amides is 2. The maximum absolute atomic E-state index is 12.2. The van der Waals surface area contributed by atoms with Crippen LogP contribution in [0.5, 0.6) is 0 Å². The van der Waals surface area contributed by atoms with Gasteiger partial charge in [-0.2, -0.15) is 9.82 Å². The highest BCUT2D eigenvalue weighted by atomic mass is 32.2. The third-order valence-corrected chi connectivity index (χ3v) is 4.53. The lowest BCUT2D eigenvalue weighted by Gasteiger charge is -2.21. The summed E-state index contributed by atoms with van der Waals surface area (Å²) < 4.78 is 26.6.